The summed E-state index contributed by atoms with van der Waals surface area (Å²) in [6, 6.07) is 0. The molecule has 0 bridgehead atoms. The maximum Gasteiger partial charge on any atom is 0.472 e. The number of carbonyl (C=O) groups is 2. The first-order valence-electron chi connectivity index (χ1n) is 20.2. The van der Waals surface area contributed by atoms with E-state index < -0.39 is 26.5 Å². The molecular weight excluding hydrogens is 675 g/mol. The summed E-state index contributed by atoms with van der Waals surface area (Å²) in [5.74, 6) is -0.838. The van der Waals surface area contributed by atoms with E-state index >= 15 is 0 Å². The van der Waals surface area contributed by atoms with Gasteiger partial charge in [0.1, 0.15) is 6.61 Å². The van der Waals surface area contributed by atoms with Crippen molar-refractivity contribution < 1.29 is 37.6 Å². The molecular formula is C43H73O8P. The van der Waals surface area contributed by atoms with E-state index in [1.807, 2.05) is 0 Å². The van der Waals surface area contributed by atoms with Gasteiger partial charge in [0.15, 0.2) is 6.10 Å². The summed E-state index contributed by atoms with van der Waals surface area (Å²) in [6.45, 7) is 5.24. The molecule has 0 aliphatic heterocycles. The minimum absolute atomic E-state index is 0.00885. The molecule has 0 aliphatic rings. The third kappa shape index (κ3) is 37.3. The predicted molar refractivity (Wildman–Crippen MR) is 216 cm³/mol. The molecule has 0 fully saturated rings. The standard InChI is InChI=1S/C43H73O8P/c1-4-7-9-11-13-15-17-19-20-21-22-23-24-26-28-30-32-34-36-38-43(45)51-41(40-50-52(46,47)49-6-3)39-48-42(44)37-35-33-31-29-27-25-18-16-14-12-10-8-5-2/h7,9-10,12-13,15-16,18-20,22-23,41H,4-6,8,11,14,17,21,24-40H2,1-3H3,(H,46,47)/b9-7-,12-10-,15-13-,18-16-,20-19-,23-22-. The number of hydrogen-bond donors (Lipinski definition) is 1. The van der Waals surface area contributed by atoms with Crippen LogP contribution in [0.3, 0.4) is 0 Å². The number of phosphoric acid groups is 1. The number of esters is 2. The molecule has 2 unspecified atom stereocenters. The van der Waals surface area contributed by atoms with Gasteiger partial charge in [0.25, 0.3) is 0 Å². The zero-order chi connectivity index (χ0) is 38.2. The lowest BCUT2D eigenvalue weighted by atomic mass is 10.1. The van der Waals surface area contributed by atoms with Gasteiger partial charge in [0.2, 0.25) is 0 Å². The third-order valence-electron chi connectivity index (χ3n) is 7.98. The number of ether oxygens (including phenoxy) is 2. The number of allylic oxidation sites excluding steroid dienone is 12. The van der Waals surface area contributed by atoms with Crippen molar-refractivity contribution in [3.05, 3.63) is 72.9 Å². The normalized spacial score (nSPS) is 14.2. The molecule has 0 radical (unpaired) electrons. The molecule has 0 aliphatic carbocycles. The molecule has 0 spiro atoms. The highest BCUT2D eigenvalue weighted by Gasteiger charge is 2.25. The van der Waals surface area contributed by atoms with Crippen molar-refractivity contribution >= 4 is 19.8 Å². The van der Waals surface area contributed by atoms with Crippen molar-refractivity contribution in [3.63, 3.8) is 0 Å². The minimum Gasteiger partial charge on any atom is -0.462 e. The molecule has 2 atom stereocenters. The highest BCUT2D eigenvalue weighted by atomic mass is 31.2. The van der Waals surface area contributed by atoms with E-state index in [4.69, 9.17) is 18.5 Å². The second kappa shape index (κ2) is 38.2. The number of rotatable bonds is 36. The van der Waals surface area contributed by atoms with Crippen LogP contribution in [0, 0.1) is 0 Å². The highest BCUT2D eigenvalue weighted by molar-refractivity contribution is 7.47. The van der Waals surface area contributed by atoms with Gasteiger partial charge in [-0.25, -0.2) is 4.57 Å². The van der Waals surface area contributed by atoms with E-state index in [9.17, 15) is 19.0 Å². The second-order valence-corrected chi connectivity index (χ2v) is 14.4. The lowest BCUT2D eigenvalue weighted by Crippen LogP contribution is -2.29. The van der Waals surface area contributed by atoms with Crippen molar-refractivity contribution in [2.45, 2.75) is 168 Å². The lowest BCUT2D eigenvalue weighted by molar-refractivity contribution is -0.161. The van der Waals surface area contributed by atoms with Crippen molar-refractivity contribution in [1.29, 1.82) is 0 Å². The van der Waals surface area contributed by atoms with E-state index in [-0.39, 0.29) is 32.0 Å². The van der Waals surface area contributed by atoms with Crippen LogP contribution in [0.1, 0.15) is 162 Å². The summed E-state index contributed by atoms with van der Waals surface area (Å²) < 4.78 is 32.6. The average Bonchev–Trinajstić information content (AvgIpc) is 3.12. The highest BCUT2D eigenvalue weighted by Crippen LogP contribution is 2.43. The molecule has 0 heterocycles. The largest absolute Gasteiger partial charge is 0.472 e. The van der Waals surface area contributed by atoms with Crippen LogP contribution >= 0.6 is 7.82 Å². The van der Waals surface area contributed by atoms with Gasteiger partial charge in [-0.15, -0.1) is 0 Å². The maximum absolute atomic E-state index is 12.5. The third-order valence-corrected chi connectivity index (χ3v) is 9.04. The molecule has 0 aromatic rings. The van der Waals surface area contributed by atoms with Gasteiger partial charge >= 0.3 is 19.8 Å². The molecule has 0 rings (SSSR count). The van der Waals surface area contributed by atoms with Gasteiger partial charge in [0, 0.05) is 12.8 Å². The Hall–Kier alpha value is -2.51. The maximum atomic E-state index is 12.5. The summed E-state index contributed by atoms with van der Waals surface area (Å²) >= 11 is 0. The van der Waals surface area contributed by atoms with Gasteiger partial charge < -0.3 is 14.4 Å². The Morgan fingerprint density at radius 3 is 1.48 bits per heavy atom. The number of carbonyl (C=O) groups excluding carboxylic acids is 2. The first-order valence-corrected chi connectivity index (χ1v) is 21.7. The SMILES string of the molecule is CC/C=C\C/C=C\C/C=C\C/C=C\CCCCCCCCC(=O)OC(COC(=O)CCCCCCC/C=C\C/C=C\CCC)COP(=O)(O)OCC. The van der Waals surface area contributed by atoms with E-state index in [1.165, 1.54) is 6.42 Å². The Labute approximate surface area is 317 Å². The number of unbranched alkanes of at least 4 members (excludes halogenated alkanes) is 12. The van der Waals surface area contributed by atoms with E-state index in [0.717, 1.165) is 116 Å². The summed E-state index contributed by atoms with van der Waals surface area (Å²) in [7, 11) is -4.29. The van der Waals surface area contributed by atoms with Crippen LogP contribution in [0.25, 0.3) is 0 Å². The Balaban J connectivity index is 4.17. The van der Waals surface area contributed by atoms with Crippen LogP contribution in [0.5, 0.6) is 0 Å². The fourth-order valence-corrected chi connectivity index (χ4v) is 5.82. The fraction of sp³-hybridized carbons (Fsp3) is 0.674. The van der Waals surface area contributed by atoms with Crippen LogP contribution in [-0.2, 0) is 32.7 Å². The first-order chi connectivity index (χ1) is 25.3. The van der Waals surface area contributed by atoms with E-state index in [0.29, 0.717) is 6.42 Å². The first kappa shape index (κ1) is 49.5. The van der Waals surface area contributed by atoms with Crippen molar-refractivity contribution in [2.75, 3.05) is 19.8 Å². The molecule has 0 aromatic carbocycles. The predicted octanol–water partition coefficient (Wildman–Crippen LogP) is 12.6. The molecule has 0 saturated carbocycles. The van der Waals surface area contributed by atoms with Gasteiger partial charge in [0.05, 0.1) is 13.2 Å². The summed E-state index contributed by atoms with van der Waals surface area (Å²) in [5, 5.41) is 0. The molecule has 9 heteroatoms. The smallest absolute Gasteiger partial charge is 0.462 e. The van der Waals surface area contributed by atoms with E-state index in [1.54, 1.807) is 6.92 Å². The van der Waals surface area contributed by atoms with Crippen LogP contribution in [-0.4, -0.2) is 42.8 Å². The summed E-state index contributed by atoms with van der Waals surface area (Å²) in [6.07, 6.45) is 46.6. The average molecular weight is 749 g/mol. The molecule has 0 saturated heterocycles. The number of phosphoric ester groups is 1. The van der Waals surface area contributed by atoms with Gasteiger partial charge in [-0.05, 0) is 84.0 Å². The zero-order valence-electron chi connectivity index (χ0n) is 32.9. The second-order valence-electron chi connectivity index (χ2n) is 12.9. The Morgan fingerprint density at radius 2 is 0.981 bits per heavy atom. The molecule has 0 aromatic heterocycles. The lowest BCUT2D eigenvalue weighted by Gasteiger charge is -2.19. The van der Waals surface area contributed by atoms with Crippen LogP contribution in [0.15, 0.2) is 72.9 Å². The molecule has 52 heavy (non-hydrogen) atoms. The minimum atomic E-state index is -4.29. The molecule has 298 valence electrons. The fourth-order valence-electron chi connectivity index (χ4n) is 5.07. The van der Waals surface area contributed by atoms with Crippen LogP contribution < -0.4 is 0 Å². The monoisotopic (exact) mass is 749 g/mol. The zero-order valence-corrected chi connectivity index (χ0v) is 33.8. The van der Waals surface area contributed by atoms with Crippen molar-refractivity contribution in [3.8, 4) is 0 Å². The molecule has 8 nitrogen and oxygen atoms in total. The van der Waals surface area contributed by atoms with Crippen molar-refractivity contribution in [1.82, 2.24) is 0 Å². The Bertz CT molecular complexity index is 1080. The van der Waals surface area contributed by atoms with E-state index in [2.05, 4.69) is 86.8 Å². The van der Waals surface area contributed by atoms with Crippen LogP contribution in [0.2, 0.25) is 0 Å². The Morgan fingerprint density at radius 1 is 0.538 bits per heavy atom. The quantitative estimate of drug-likeness (QED) is 0.0292. The van der Waals surface area contributed by atoms with Crippen LogP contribution in [0.4, 0.5) is 0 Å². The van der Waals surface area contributed by atoms with Gasteiger partial charge in [-0.2, -0.15) is 0 Å². The summed E-state index contributed by atoms with van der Waals surface area (Å²) in [5.41, 5.74) is 0. The van der Waals surface area contributed by atoms with Gasteiger partial charge in [-0.3, -0.25) is 18.6 Å². The number of hydrogen-bond acceptors (Lipinski definition) is 7. The molecule has 0 amide bonds. The van der Waals surface area contributed by atoms with Gasteiger partial charge in [-0.1, -0.05) is 138 Å². The summed E-state index contributed by atoms with van der Waals surface area (Å²) in [4.78, 5) is 34.7. The Kier molecular flexibility index (Phi) is 36.4. The molecule has 1 N–H and O–H groups in total. The van der Waals surface area contributed by atoms with Crippen molar-refractivity contribution in [2.24, 2.45) is 0 Å². The topological polar surface area (TPSA) is 108 Å².